The van der Waals surface area contributed by atoms with E-state index in [1.54, 1.807) is 24.1 Å². The molecule has 0 aromatic heterocycles. The van der Waals surface area contributed by atoms with Crippen molar-refractivity contribution in [1.29, 1.82) is 0 Å². The summed E-state index contributed by atoms with van der Waals surface area (Å²) in [7, 11) is 1.55. The first-order valence-corrected chi connectivity index (χ1v) is 10.1. The highest BCUT2D eigenvalue weighted by Crippen LogP contribution is 2.22. The summed E-state index contributed by atoms with van der Waals surface area (Å²) >= 11 is 5.93. The summed E-state index contributed by atoms with van der Waals surface area (Å²) in [5.41, 5.74) is 1.69. The summed E-state index contributed by atoms with van der Waals surface area (Å²) in [6, 6.07) is 14.9. The van der Waals surface area contributed by atoms with E-state index < -0.39 is 0 Å². The number of nitrogens with one attached hydrogen (secondary N) is 1. The van der Waals surface area contributed by atoms with Crippen LogP contribution in [0.3, 0.4) is 0 Å². The maximum absolute atomic E-state index is 12.7. The lowest BCUT2D eigenvalue weighted by molar-refractivity contribution is -0.683. The van der Waals surface area contributed by atoms with Crippen LogP contribution in [0.4, 0.5) is 5.69 Å². The molecule has 0 spiro atoms. The average Bonchev–Trinajstić information content (AvgIpc) is 2.72. The van der Waals surface area contributed by atoms with Gasteiger partial charge in [0.05, 0.1) is 12.8 Å². The zero-order chi connectivity index (χ0) is 21.2. The molecule has 0 radical (unpaired) electrons. The number of carbonyl (C=O) groups is 2. The third-order valence-electron chi connectivity index (χ3n) is 4.60. The molecule has 6 nitrogen and oxygen atoms in total. The Morgan fingerprint density at radius 3 is 2.52 bits per heavy atom. The van der Waals surface area contributed by atoms with Gasteiger partial charge in [0.1, 0.15) is 18.3 Å². The van der Waals surface area contributed by atoms with Crippen LogP contribution in [0, 0.1) is 0 Å². The van der Waals surface area contributed by atoms with Crippen molar-refractivity contribution in [3.63, 3.8) is 0 Å². The fourth-order valence-electron chi connectivity index (χ4n) is 2.98. The smallest absolute Gasteiger partial charge is 0.278 e. The molecule has 1 atom stereocenters. The second-order valence-electron chi connectivity index (χ2n) is 6.84. The minimum atomic E-state index is -0.248. The molecule has 3 N–H and O–H groups in total. The van der Waals surface area contributed by atoms with Gasteiger partial charge in [-0.3, -0.25) is 9.59 Å². The normalized spacial score (nSPS) is 11.6. The highest BCUT2D eigenvalue weighted by atomic mass is 35.5. The molecule has 2 aromatic rings. The van der Waals surface area contributed by atoms with Crippen LogP contribution < -0.4 is 15.4 Å². The largest absolute Gasteiger partial charge is 0.495 e. The van der Waals surface area contributed by atoms with Gasteiger partial charge in [-0.05, 0) is 37.6 Å². The van der Waals surface area contributed by atoms with Crippen molar-refractivity contribution < 1.29 is 19.6 Å². The topological polar surface area (TPSA) is 75.2 Å². The van der Waals surface area contributed by atoms with Crippen LogP contribution >= 0.6 is 11.6 Å². The second-order valence-corrected chi connectivity index (χ2v) is 7.28. The zero-order valence-corrected chi connectivity index (χ0v) is 17.9. The van der Waals surface area contributed by atoms with Gasteiger partial charge in [-0.1, -0.05) is 42.8 Å². The third kappa shape index (κ3) is 7.07. The monoisotopic (exact) mass is 418 g/mol. The molecule has 0 aliphatic rings. The summed E-state index contributed by atoms with van der Waals surface area (Å²) in [4.78, 5) is 26.8. The van der Waals surface area contributed by atoms with Gasteiger partial charge in [-0.2, -0.15) is 0 Å². The number of nitrogens with two attached hydrogens (primary N) is 1. The van der Waals surface area contributed by atoms with E-state index in [1.165, 1.54) is 0 Å². The second kappa shape index (κ2) is 11.4. The molecule has 0 heterocycles. The number of methoxy groups -OCH3 is 1. The number of hydrogen-bond acceptors (Lipinski definition) is 3. The Kier molecular flexibility index (Phi) is 8.96. The molecule has 0 unspecified atom stereocenters. The van der Waals surface area contributed by atoms with Crippen molar-refractivity contribution >= 4 is 29.1 Å². The van der Waals surface area contributed by atoms with Gasteiger partial charge in [0.25, 0.3) is 5.91 Å². The first-order chi connectivity index (χ1) is 13.9. The van der Waals surface area contributed by atoms with Crippen molar-refractivity contribution in [2.24, 2.45) is 0 Å². The van der Waals surface area contributed by atoms with E-state index in [1.807, 2.05) is 55.6 Å². The van der Waals surface area contributed by atoms with E-state index >= 15 is 0 Å². The number of halogens is 1. The molecule has 0 saturated carbocycles. The molecule has 2 rings (SSSR count). The summed E-state index contributed by atoms with van der Waals surface area (Å²) in [5, 5.41) is 5.47. The summed E-state index contributed by atoms with van der Waals surface area (Å²) < 4.78 is 5.25. The van der Waals surface area contributed by atoms with E-state index in [2.05, 4.69) is 5.32 Å². The van der Waals surface area contributed by atoms with Crippen LogP contribution in [0.2, 0.25) is 5.02 Å². The first-order valence-electron chi connectivity index (χ1n) is 9.74. The number of benzene rings is 2. The molecule has 0 aliphatic heterocycles. The number of quaternary nitrogens is 1. The molecular formula is C22H29ClN3O3+. The van der Waals surface area contributed by atoms with E-state index in [0.29, 0.717) is 23.0 Å². The minimum Gasteiger partial charge on any atom is -0.495 e. The molecule has 0 bridgehead atoms. The Hall–Kier alpha value is -2.57. The van der Waals surface area contributed by atoms with Crippen molar-refractivity contribution in [1.82, 2.24) is 4.90 Å². The SMILES string of the molecule is CCCN(CC(=O)Nc1ccccc1OC)C(=O)C[NH2+][C@@H](C)c1ccc(Cl)cc1. The Bertz CT molecular complexity index is 811. The van der Waals surface area contributed by atoms with Crippen molar-refractivity contribution in [2.75, 3.05) is 32.1 Å². The third-order valence-corrected chi connectivity index (χ3v) is 4.86. The number of amides is 2. The van der Waals surface area contributed by atoms with Crippen LogP contribution in [0.1, 0.15) is 31.9 Å². The lowest BCUT2D eigenvalue weighted by Gasteiger charge is -2.22. The Morgan fingerprint density at radius 1 is 1.17 bits per heavy atom. The fraction of sp³-hybridized carbons (Fsp3) is 0.364. The van der Waals surface area contributed by atoms with E-state index in [-0.39, 0.29) is 30.9 Å². The summed E-state index contributed by atoms with van der Waals surface area (Å²) in [5.74, 6) is 0.268. The molecular weight excluding hydrogens is 390 g/mol. The molecule has 29 heavy (non-hydrogen) atoms. The van der Waals surface area contributed by atoms with Gasteiger partial charge in [0.2, 0.25) is 5.91 Å². The number of hydrogen-bond donors (Lipinski definition) is 2. The van der Waals surface area contributed by atoms with Crippen LogP contribution in [-0.2, 0) is 9.59 Å². The highest BCUT2D eigenvalue weighted by Gasteiger charge is 2.20. The average molecular weight is 419 g/mol. The quantitative estimate of drug-likeness (QED) is 0.623. The standard InChI is InChI=1S/C22H28ClN3O3/c1-4-13-26(15-21(27)25-19-7-5-6-8-20(19)29-3)22(28)14-24-16(2)17-9-11-18(23)12-10-17/h5-12,16,24H,4,13-15H2,1-3H3,(H,25,27)/p+1/t16-/m0/s1. The molecule has 2 amide bonds. The molecule has 0 fully saturated rings. The number of rotatable bonds is 10. The minimum absolute atomic E-state index is 0.00783. The van der Waals surface area contributed by atoms with Gasteiger partial charge in [0.15, 0.2) is 6.54 Å². The van der Waals surface area contributed by atoms with Gasteiger partial charge in [-0.25, -0.2) is 0 Å². The number of anilines is 1. The van der Waals surface area contributed by atoms with Crippen molar-refractivity contribution in [3.8, 4) is 5.75 Å². The van der Waals surface area contributed by atoms with Gasteiger partial charge in [0, 0.05) is 17.1 Å². The number of ether oxygens (including phenoxy) is 1. The van der Waals surface area contributed by atoms with Gasteiger partial charge in [-0.15, -0.1) is 0 Å². The van der Waals surface area contributed by atoms with Crippen LogP contribution in [0.15, 0.2) is 48.5 Å². The van der Waals surface area contributed by atoms with Crippen molar-refractivity contribution in [2.45, 2.75) is 26.3 Å². The van der Waals surface area contributed by atoms with Crippen LogP contribution in [0.5, 0.6) is 5.75 Å². The predicted octanol–water partition coefficient (Wildman–Crippen LogP) is 2.85. The Balaban J connectivity index is 1.92. The van der Waals surface area contributed by atoms with Gasteiger partial charge >= 0.3 is 0 Å². The molecule has 0 aliphatic carbocycles. The zero-order valence-electron chi connectivity index (χ0n) is 17.2. The Labute approximate surface area is 177 Å². The molecule has 0 saturated heterocycles. The molecule has 2 aromatic carbocycles. The highest BCUT2D eigenvalue weighted by molar-refractivity contribution is 6.30. The maximum Gasteiger partial charge on any atom is 0.278 e. The Morgan fingerprint density at radius 2 is 1.86 bits per heavy atom. The molecule has 156 valence electrons. The lowest BCUT2D eigenvalue weighted by atomic mass is 10.1. The number of carbonyl (C=O) groups excluding carboxylic acids is 2. The van der Waals surface area contributed by atoms with E-state index in [9.17, 15) is 9.59 Å². The van der Waals surface area contributed by atoms with Gasteiger partial charge < -0.3 is 20.3 Å². The lowest BCUT2D eigenvalue weighted by Crippen LogP contribution is -2.87. The summed E-state index contributed by atoms with van der Waals surface area (Å²) in [6.07, 6.45) is 0.778. The van der Waals surface area contributed by atoms with Crippen molar-refractivity contribution in [3.05, 3.63) is 59.1 Å². The predicted molar refractivity (Wildman–Crippen MR) is 115 cm³/mol. The fourth-order valence-corrected chi connectivity index (χ4v) is 3.11. The maximum atomic E-state index is 12.7. The van der Waals surface area contributed by atoms with E-state index in [4.69, 9.17) is 16.3 Å². The summed E-state index contributed by atoms with van der Waals surface area (Å²) in [6.45, 7) is 4.83. The molecule has 7 heteroatoms. The van der Waals surface area contributed by atoms with Crippen LogP contribution in [-0.4, -0.2) is 43.5 Å². The van der Waals surface area contributed by atoms with E-state index in [0.717, 1.165) is 12.0 Å². The number of nitrogens with zero attached hydrogens (tertiary/aromatic N) is 1. The number of para-hydroxylation sites is 2. The first kappa shape index (κ1) is 22.7. The van der Waals surface area contributed by atoms with Crippen LogP contribution in [0.25, 0.3) is 0 Å².